The summed E-state index contributed by atoms with van der Waals surface area (Å²) in [4.78, 5) is 7.51. The average molecular weight is 312 g/mol. The molecule has 0 atom stereocenters. The van der Waals surface area contributed by atoms with Crippen molar-refractivity contribution in [1.82, 2.24) is 9.97 Å². The number of halogens is 2. The van der Waals surface area contributed by atoms with Crippen LogP contribution in [0.5, 0.6) is 11.6 Å². The fraction of sp³-hybridized carbons (Fsp3) is 0.167. The van der Waals surface area contributed by atoms with E-state index in [4.69, 9.17) is 10.5 Å². The van der Waals surface area contributed by atoms with E-state index in [-0.39, 0.29) is 11.6 Å². The smallest absolute Gasteiger partial charge is 0.259 e. The van der Waals surface area contributed by atoms with Crippen LogP contribution in [0.4, 0.5) is 4.39 Å². The van der Waals surface area contributed by atoms with Gasteiger partial charge >= 0.3 is 0 Å². The molecule has 2 rings (SSSR count). The van der Waals surface area contributed by atoms with E-state index in [0.29, 0.717) is 12.3 Å². The number of benzene rings is 1. The van der Waals surface area contributed by atoms with Gasteiger partial charge in [-0.15, -0.1) is 0 Å². The van der Waals surface area contributed by atoms with Gasteiger partial charge in [0, 0.05) is 16.6 Å². The lowest BCUT2D eigenvalue weighted by atomic mass is 10.2. The van der Waals surface area contributed by atoms with Gasteiger partial charge in [-0.1, -0.05) is 15.9 Å². The number of ether oxygens (including phenoxy) is 1. The summed E-state index contributed by atoms with van der Waals surface area (Å²) in [7, 11) is 0. The Morgan fingerprint density at radius 1 is 1.39 bits per heavy atom. The number of hydrogen-bond donors (Lipinski definition) is 1. The molecule has 0 unspecified atom stereocenters. The van der Waals surface area contributed by atoms with E-state index in [1.54, 1.807) is 19.1 Å². The van der Waals surface area contributed by atoms with Crippen molar-refractivity contribution in [2.45, 2.75) is 13.5 Å². The Balaban J connectivity index is 2.37. The lowest BCUT2D eigenvalue weighted by Crippen LogP contribution is -2.02. The predicted octanol–water partition coefficient (Wildman–Crippen LogP) is 2.94. The summed E-state index contributed by atoms with van der Waals surface area (Å²) in [5, 5.41) is 0. The summed E-state index contributed by atoms with van der Waals surface area (Å²) in [5.74, 6) is -0.180. The van der Waals surface area contributed by atoms with Crippen molar-refractivity contribution in [3.8, 4) is 11.6 Å². The maximum atomic E-state index is 13.7. The fourth-order valence-corrected chi connectivity index (χ4v) is 1.83. The molecule has 18 heavy (non-hydrogen) atoms. The van der Waals surface area contributed by atoms with Gasteiger partial charge in [0.25, 0.3) is 5.88 Å². The Kier molecular flexibility index (Phi) is 3.88. The van der Waals surface area contributed by atoms with Crippen LogP contribution in [0.3, 0.4) is 0 Å². The number of nitrogens with zero attached hydrogens (tertiary/aromatic N) is 2. The minimum Gasteiger partial charge on any atom is -0.436 e. The summed E-state index contributed by atoms with van der Waals surface area (Å²) in [5.41, 5.74) is 6.62. The zero-order valence-electron chi connectivity index (χ0n) is 9.65. The Hall–Kier alpha value is -1.53. The number of rotatable bonds is 3. The van der Waals surface area contributed by atoms with E-state index >= 15 is 0 Å². The molecule has 0 aliphatic carbocycles. The van der Waals surface area contributed by atoms with E-state index in [1.807, 2.05) is 6.07 Å². The van der Waals surface area contributed by atoms with Gasteiger partial charge in [-0.25, -0.2) is 4.98 Å². The molecule has 2 N–H and O–H groups in total. The van der Waals surface area contributed by atoms with E-state index in [9.17, 15) is 4.39 Å². The zero-order valence-corrected chi connectivity index (χ0v) is 11.2. The molecule has 6 heteroatoms. The minimum absolute atomic E-state index is 0.0977. The first kappa shape index (κ1) is 12.9. The van der Waals surface area contributed by atoms with Gasteiger partial charge in [0.1, 0.15) is 12.1 Å². The summed E-state index contributed by atoms with van der Waals surface area (Å²) >= 11 is 3.34. The zero-order chi connectivity index (χ0) is 13.1. The molecule has 0 amide bonds. The molecule has 1 aromatic carbocycles. The third-order valence-corrected chi connectivity index (χ3v) is 2.87. The van der Waals surface area contributed by atoms with Crippen LogP contribution < -0.4 is 10.5 Å². The van der Waals surface area contributed by atoms with Gasteiger partial charge in [-0.05, 0) is 25.1 Å². The Bertz CT molecular complexity index is 577. The summed E-state index contributed by atoms with van der Waals surface area (Å²) in [6, 6.07) is 5.32. The Labute approximate surface area is 112 Å². The highest BCUT2D eigenvalue weighted by atomic mass is 79.9. The molecule has 94 valence electrons. The van der Waals surface area contributed by atoms with Gasteiger partial charge in [0.05, 0.1) is 5.69 Å². The first-order chi connectivity index (χ1) is 8.61. The van der Waals surface area contributed by atoms with Crippen LogP contribution in [0, 0.1) is 12.7 Å². The van der Waals surface area contributed by atoms with E-state index in [1.165, 1.54) is 6.33 Å². The number of hydrogen-bond acceptors (Lipinski definition) is 4. The third-order valence-electron chi connectivity index (χ3n) is 2.38. The molecule has 0 radical (unpaired) electrons. The van der Waals surface area contributed by atoms with Crippen molar-refractivity contribution in [3.05, 3.63) is 46.1 Å². The molecule has 0 bridgehead atoms. The van der Waals surface area contributed by atoms with Gasteiger partial charge in [0.2, 0.25) is 5.82 Å². The molecule has 4 nitrogen and oxygen atoms in total. The molecule has 1 heterocycles. The highest BCUT2D eigenvalue weighted by Gasteiger charge is 2.12. The second-order valence-electron chi connectivity index (χ2n) is 3.64. The fourth-order valence-electron chi connectivity index (χ4n) is 1.42. The number of nitrogens with two attached hydrogens (primary N) is 1. The van der Waals surface area contributed by atoms with E-state index in [2.05, 4.69) is 25.9 Å². The average Bonchev–Trinajstić information content (AvgIpc) is 2.37. The quantitative estimate of drug-likeness (QED) is 0.946. The Morgan fingerprint density at radius 3 is 2.89 bits per heavy atom. The van der Waals surface area contributed by atoms with Crippen LogP contribution in [0.1, 0.15) is 11.3 Å². The molecule has 0 saturated carbocycles. The van der Waals surface area contributed by atoms with Crippen molar-refractivity contribution in [2.24, 2.45) is 5.73 Å². The SMILES string of the molecule is Cc1ncnc(Oc2ccc(Br)cc2CN)c1F. The first-order valence-corrected chi connectivity index (χ1v) is 6.04. The van der Waals surface area contributed by atoms with E-state index < -0.39 is 5.82 Å². The second kappa shape index (κ2) is 5.41. The molecule has 0 aliphatic heterocycles. The van der Waals surface area contributed by atoms with Crippen molar-refractivity contribution < 1.29 is 9.13 Å². The van der Waals surface area contributed by atoms with Crippen LogP contribution in [0.2, 0.25) is 0 Å². The van der Waals surface area contributed by atoms with Crippen LogP contribution in [-0.4, -0.2) is 9.97 Å². The summed E-state index contributed by atoms with van der Waals surface area (Å²) in [6.07, 6.45) is 1.26. The van der Waals surface area contributed by atoms with E-state index in [0.717, 1.165) is 10.0 Å². The number of aryl methyl sites for hydroxylation is 1. The molecular weight excluding hydrogens is 301 g/mol. The molecule has 0 spiro atoms. The Morgan fingerprint density at radius 2 is 2.17 bits per heavy atom. The molecule has 0 aliphatic rings. The molecule has 0 fully saturated rings. The molecule has 0 saturated heterocycles. The summed E-state index contributed by atoms with van der Waals surface area (Å²) in [6.45, 7) is 1.84. The highest BCUT2D eigenvalue weighted by Crippen LogP contribution is 2.28. The van der Waals surface area contributed by atoms with Crippen LogP contribution in [-0.2, 0) is 6.54 Å². The van der Waals surface area contributed by atoms with Crippen molar-refractivity contribution >= 4 is 15.9 Å². The monoisotopic (exact) mass is 311 g/mol. The third kappa shape index (κ3) is 2.65. The standard InChI is InChI=1S/C12H11BrFN3O/c1-7-11(14)12(17-6-16-7)18-10-3-2-9(13)4-8(10)5-15/h2-4,6H,5,15H2,1H3. The first-order valence-electron chi connectivity index (χ1n) is 5.25. The molecule has 2 aromatic rings. The largest absolute Gasteiger partial charge is 0.436 e. The van der Waals surface area contributed by atoms with Gasteiger partial charge in [-0.2, -0.15) is 9.37 Å². The van der Waals surface area contributed by atoms with Crippen LogP contribution in [0.25, 0.3) is 0 Å². The maximum Gasteiger partial charge on any atom is 0.259 e. The van der Waals surface area contributed by atoms with Crippen molar-refractivity contribution in [2.75, 3.05) is 0 Å². The van der Waals surface area contributed by atoms with Crippen LogP contribution in [0.15, 0.2) is 29.0 Å². The maximum absolute atomic E-state index is 13.7. The predicted molar refractivity (Wildman–Crippen MR) is 68.8 cm³/mol. The van der Waals surface area contributed by atoms with Gasteiger partial charge in [0.15, 0.2) is 0 Å². The lowest BCUT2D eigenvalue weighted by Gasteiger charge is -2.10. The van der Waals surface area contributed by atoms with Gasteiger partial charge in [-0.3, -0.25) is 0 Å². The van der Waals surface area contributed by atoms with Crippen molar-refractivity contribution in [3.63, 3.8) is 0 Å². The highest BCUT2D eigenvalue weighted by molar-refractivity contribution is 9.10. The normalized spacial score (nSPS) is 10.4. The van der Waals surface area contributed by atoms with Crippen LogP contribution >= 0.6 is 15.9 Å². The summed E-state index contributed by atoms with van der Waals surface area (Å²) < 4.78 is 20.0. The van der Waals surface area contributed by atoms with Gasteiger partial charge < -0.3 is 10.5 Å². The second-order valence-corrected chi connectivity index (χ2v) is 4.55. The number of aromatic nitrogens is 2. The molecular formula is C12H11BrFN3O. The minimum atomic E-state index is -0.566. The lowest BCUT2D eigenvalue weighted by molar-refractivity contribution is 0.413. The molecule has 1 aromatic heterocycles. The van der Waals surface area contributed by atoms with Crippen molar-refractivity contribution in [1.29, 1.82) is 0 Å². The topological polar surface area (TPSA) is 61.0 Å².